The average molecular weight is 287 g/mol. The minimum Gasteiger partial charge on any atom is -0.320 e. The molecule has 0 aliphatic heterocycles. The molecule has 1 atom stereocenters. The van der Waals surface area contributed by atoms with E-state index in [0.29, 0.717) is 12.2 Å². The smallest absolute Gasteiger partial charge is 0.295 e. The van der Waals surface area contributed by atoms with Crippen LogP contribution in [-0.2, 0) is 4.79 Å². The Morgan fingerprint density at radius 3 is 2.89 bits per heavy atom. The van der Waals surface area contributed by atoms with E-state index in [1.807, 2.05) is 6.26 Å². The molecule has 8 heteroatoms. The number of halogens is 1. The molecule has 1 amide bonds. The van der Waals surface area contributed by atoms with Gasteiger partial charge in [0, 0.05) is 6.07 Å². The fourth-order valence-electron chi connectivity index (χ4n) is 1.38. The van der Waals surface area contributed by atoms with Gasteiger partial charge >= 0.3 is 0 Å². The first-order valence-corrected chi connectivity index (χ1v) is 6.85. The number of carbonyl (C=O) groups excluding carboxylic acids is 1. The van der Waals surface area contributed by atoms with Crippen molar-refractivity contribution in [1.82, 2.24) is 0 Å². The fourth-order valence-corrected chi connectivity index (χ4v) is 1.87. The quantitative estimate of drug-likeness (QED) is 0.613. The topological polar surface area (TPSA) is 98.3 Å². The molecule has 1 aromatic carbocycles. The molecule has 0 aliphatic rings. The third-order valence-corrected chi connectivity index (χ3v) is 3.05. The Labute approximate surface area is 113 Å². The summed E-state index contributed by atoms with van der Waals surface area (Å²) < 4.78 is 13.5. The summed E-state index contributed by atoms with van der Waals surface area (Å²) in [5.74, 6) is -0.824. The first-order valence-electron chi connectivity index (χ1n) is 5.45. The summed E-state index contributed by atoms with van der Waals surface area (Å²) in [5.41, 5.74) is 4.67. The third kappa shape index (κ3) is 4.18. The highest BCUT2D eigenvalue weighted by Crippen LogP contribution is 2.27. The molecular formula is C11H14FN3O3S. The molecule has 0 spiro atoms. The van der Waals surface area contributed by atoms with Gasteiger partial charge in [-0.1, -0.05) is 6.07 Å². The van der Waals surface area contributed by atoms with E-state index >= 15 is 0 Å². The lowest BCUT2D eigenvalue weighted by Gasteiger charge is -2.12. The van der Waals surface area contributed by atoms with Gasteiger partial charge in [0.1, 0.15) is 0 Å². The Kier molecular flexibility index (Phi) is 5.71. The van der Waals surface area contributed by atoms with Crippen molar-refractivity contribution in [3.63, 3.8) is 0 Å². The minimum atomic E-state index is -0.861. The van der Waals surface area contributed by atoms with Crippen LogP contribution in [0.2, 0.25) is 0 Å². The van der Waals surface area contributed by atoms with E-state index in [1.54, 1.807) is 0 Å². The maximum Gasteiger partial charge on any atom is 0.295 e. The van der Waals surface area contributed by atoms with Gasteiger partial charge in [-0.25, -0.2) is 4.39 Å². The first kappa shape index (κ1) is 15.4. The number of carbonyl (C=O) groups is 1. The van der Waals surface area contributed by atoms with Crippen LogP contribution in [-0.4, -0.2) is 28.9 Å². The van der Waals surface area contributed by atoms with E-state index < -0.39 is 34.1 Å². The van der Waals surface area contributed by atoms with E-state index in [4.69, 9.17) is 5.73 Å². The van der Waals surface area contributed by atoms with Gasteiger partial charge in [0.15, 0.2) is 11.5 Å². The molecule has 1 rings (SSSR count). The van der Waals surface area contributed by atoms with Gasteiger partial charge in [0.25, 0.3) is 5.69 Å². The second-order valence-electron chi connectivity index (χ2n) is 3.77. The zero-order valence-electron chi connectivity index (χ0n) is 10.3. The van der Waals surface area contributed by atoms with Crippen LogP contribution in [0.4, 0.5) is 15.8 Å². The number of nitrogens with one attached hydrogen (secondary N) is 1. The predicted molar refractivity (Wildman–Crippen MR) is 72.7 cm³/mol. The van der Waals surface area contributed by atoms with Gasteiger partial charge in [0.05, 0.1) is 11.0 Å². The molecule has 0 heterocycles. The molecule has 104 valence electrons. The monoisotopic (exact) mass is 287 g/mol. The average Bonchev–Trinajstić information content (AvgIpc) is 2.37. The maximum atomic E-state index is 13.5. The van der Waals surface area contributed by atoms with Crippen molar-refractivity contribution in [1.29, 1.82) is 0 Å². The zero-order chi connectivity index (χ0) is 14.4. The lowest BCUT2D eigenvalue weighted by atomic mass is 10.2. The summed E-state index contributed by atoms with van der Waals surface area (Å²) in [6.45, 7) is 0. The highest BCUT2D eigenvalue weighted by Gasteiger charge is 2.22. The predicted octanol–water partition coefficient (Wildman–Crippen LogP) is 1.75. The van der Waals surface area contributed by atoms with Crippen LogP contribution in [0.3, 0.4) is 0 Å². The Morgan fingerprint density at radius 1 is 1.63 bits per heavy atom. The Hall–Kier alpha value is -1.67. The van der Waals surface area contributed by atoms with Crippen molar-refractivity contribution < 1.29 is 14.1 Å². The molecule has 3 N–H and O–H groups in total. The van der Waals surface area contributed by atoms with Crippen molar-refractivity contribution in [3.8, 4) is 0 Å². The summed E-state index contributed by atoms with van der Waals surface area (Å²) in [5, 5.41) is 12.9. The number of amides is 1. The molecule has 0 bridgehead atoms. The van der Waals surface area contributed by atoms with Crippen molar-refractivity contribution in [2.75, 3.05) is 17.3 Å². The summed E-state index contributed by atoms with van der Waals surface area (Å²) in [7, 11) is 0. The number of benzene rings is 1. The van der Waals surface area contributed by atoms with Gasteiger partial charge in [-0.2, -0.15) is 11.8 Å². The van der Waals surface area contributed by atoms with Crippen molar-refractivity contribution in [2.45, 2.75) is 12.5 Å². The third-order valence-electron chi connectivity index (χ3n) is 2.41. The van der Waals surface area contributed by atoms with E-state index in [0.717, 1.165) is 12.1 Å². The van der Waals surface area contributed by atoms with Crippen LogP contribution in [0.1, 0.15) is 6.42 Å². The molecule has 6 nitrogen and oxygen atoms in total. The first-order chi connectivity index (χ1) is 8.97. The molecule has 0 saturated carbocycles. The second kappa shape index (κ2) is 7.05. The number of nitrogens with zero attached hydrogens (tertiary/aromatic N) is 1. The highest BCUT2D eigenvalue weighted by atomic mass is 32.2. The second-order valence-corrected chi connectivity index (χ2v) is 4.75. The number of nitrogens with two attached hydrogens (primary N) is 1. The summed E-state index contributed by atoms with van der Waals surface area (Å²) in [4.78, 5) is 21.7. The summed E-state index contributed by atoms with van der Waals surface area (Å²) in [6, 6.07) is 2.53. The fraction of sp³-hybridized carbons (Fsp3) is 0.364. The van der Waals surface area contributed by atoms with Gasteiger partial charge < -0.3 is 11.1 Å². The number of anilines is 1. The van der Waals surface area contributed by atoms with Crippen LogP contribution in [0.15, 0.2) is 18.2 Å². The molecule has 0 saturated heterocycles. The van der Waals surface area contributed by atoms with Crippen molar-refractivity contribution >= 4 is 29.0 Å². The Bertz CT molecular complexity index is 484. The van der Waals surface area contributed by atoms with E-state index in [2.05, 4.69) is 5.32 Å². The maximum absolute atomic E-state index is 13.5. The van der Waals surface area contributed by atoms with Crippen LogP contribution in [0.25, 0.3) is 0 Å². The Balaban J connectivity index is 2.87. The number of para-hydroxylation sites is 1. The highest BCUT2D eigenvalue weighted by molar-refractivity contribution is 7.98. The van der Waals surface area contributed by atoms with Crippen molar-refractivity contribution in [2.24, 2.45) is 5.73 Å². The SMILES string of the molecule is CSCC[C@@H](N)C(=O)Nc1c(F)cccc1[N+](=O)[O-]. The van der Waals surface area contributed by atoms with E-state index in [1.165, 1.54) is 17.8 Å². The number of nitro groups is 1. The lowest BCUT2D eigenvalue weighted by Crippen LogP contribution is -2.36. The standard InChI is InChI=1S/C11H14FN3O3S/c1-19-6-5-8(13)11(16)14-10-7(12)3-2-4-9(10)15(17)18/h2-4,8H,5-6,13H2,1H3,(H,14,16)/t8-/m1/s1. The largest absolute Gasteiger partial charge is 0.320 e. The van der Waals surface area contributed by atoms with Crippen LogP contribution in [0.5, 0.6) is 0 Å². The number of hydrogen-bond donors (Lipinski definition) is 2. The number of nitro benzene ring substituents is 1. The lowest BCUT2D eigenvalue weighted by molar-refractivity contribution is -0.384. The normalized spacial score (nSPS) is 11.9. The van der Waals surface area contributed by atoms with Crippen molar-refractivity contribution in [3.05, 3.63) is 34.1 Å². The Morgan fingerprint density at radius 2 is 2.32 bits per heavy atom. The van der Waals surface area contributed by atoms with Gasteiger partial charge in [-0.3, -0.25) is 14.9 Å². The molecule has 1 aromatic rings. The molecule has 19 heavy (non-hydrogen) atoms. The van der Waals surface area contributed by atoms with E-state index in [9.17, 15) is 19.3 Å². The van der Waals surface area contributed by atoms with Gasteiger partial charge in [-0.15, -0.1) is 0 Å². The number of thioether (sulfide) groups is 1. The summed E-state index contributed by atoms with van der Waals surface area (Å²) in [6.07, 6.45) is 2.28. The molecule has 0 aromatic heterocycles. The minimum absolute atomic E-state index is 0.412. The van der Waals surface area contributed by atoms with Gasteiger partial charge in [0.2, 0.25) is 5.91 Å². The molecule has 0 unspecified atom stereocenters. The van der Waals surface area contributed by atoms with Crippen LogP contribution >= 0.6 is 11.8 Å². The zero-order valence-corrected chi connectivity index (χ0v) is 11.1. The number of hydrogen-bond acceptors (Lipinski definition) is 5. The molecular weight excluding hydrogens is 273 g/mol. The molecule has 0 aliphatic carbocycles. The van der Waals surface area contributed by atoms with Crippen LogP contribution < -0.4 is 11.1 Å². The summed E-state index contributed by atoms with van der Waals surface area (Å²) >= 11 is 1.52. The molecule has 0 fully saturated rings. The van der Waals surface area contributed by atoms with Crippen LogP contribution in [0, 0.1) is 15.9 Å². The van der Waals surface area contributed by atoms with E-state index in [-0.39, 0.29) is 0 Å². The van der Waals surface area contributed by atoms with Gasteiger partial charge in [-0.05, 0) is 24.5 Å². The molecule has 0 radical (unpaired) electrons. The number of rotatable bonds is 6.